The summed E-state index contributed by atoms with van der Waals surface area (Å²) in [5.74, 6) is -0.117. The number of nitrogens with two attached hydrogens (primary N) is 1. The Bertz CT molecular complexity index is 126. The third-order valence-corrected chi connectivity index (χ3v) is 1.46. The second kappa shape index (κ2) is 5.09. The summed E-state index contributed by atoms with van der Waals surface area (Å²) in [5, 5.41) is 8.60. The smallest absolute Gasteiger partial charge is 0.236 e. The number of amides is 1. The van der Waals surface area contributed by atoms with E-state index in [-0.39, 0.29) is 25.1 Å². The van der Waals surface area contributed by atoms with E-state index in [2.05, 4.69) is 0 Å². The molecule has 0 aliphatic rings. The highest BCUT2D eigenvalue weighted by Gasteiger charge is 2.13. The highest BCUT2D eigenvalue weighted by Crippen LogP contribution is 1.96. The molecule has 0 unspecified atom stereocenters. The van der Waals surface area contributed by atoms with Crippen molar-refractivity contribution in [2.24, 2.45) is 5.73 Å². The van der Waals surface area contributed by atoms with E-state index in [0.29, 0.717) is 6.54 Å². The van der Waals surface area contributed by atoms with Gasteiger partial charge in [-0.2, -0.15) is 0 Å². The molecular weight excluding hydrogens is 144 g/mol. The molecule has 66 valence electrons. The molecule has 0 radical (unpaired) electrons. The lowest BCUT2D eigenvalue weighted by Crippen LogP contribution is -2.42. The van der Waals surface area contributed by atoms with E-state index in [4.69, 9.17) is 10.8 Å². The summed E-state index contributed by atoms with van der Waals surface area (Å²) in [6.45, 7) is 4.15. The summed E-state index contributed by atoms with van der Waals surface area (Å²) in [5.41, 5.74) is 5.17. The first-order valence-corrected chi connectivity index (χ1v) is 3.73. The molecule has 0 heterocycles. The number of aliphatic hydroxyl groups is 1. The van der Waals surface area contributed by atoms with Crippen molar-refractivity contribution in [3.8, 4) is 0 Å². The average Bonchev–Trinajstić information content (AvgIpc) is 1.98. The van der Waals surface area contributed by atoms with Crippen molar-refractivity contribution in [3.63, 3.8) is 0 Å². The van der Waals surface area contributed by atoms with Crippen molar-refractivity contribution in [1.82, 2.24) is 4.90 Å². The van der Waals surface area contributed by atoms with E-state index < -0.39 is 0 Å². The van der Waals surface area contributed by atoms with Crippen LogP contribution in [0.15, 0.2) is 0 Å². The Morgan fingerprint density at radius 3 is 2.45 bits per heavy atom. The summed E-state index contributed by atoms with van der Waals surface area (Å²) in [6, 6.07) is 0.109. The Labute approximate surface area is 67.0 Å². The minimum absolute atomic E-state index is 0.0100. The van der Waals surface area contributed by atoms with Gasteiger partial charge in [0.25, 0.3) is 0 Å². The van der Waals surface area contributed by atoms with Crippen LogP contribution in [0.4, 0.5) is 0 Å². The van der Waals surface area contributed by atoms with Gasteiger partial charge in [0.05, 0.1) is 13.2 Å². The summed E-state index contributed by atoms with van der Waals surface area (Å²) in [6.07, 6.45) is 0. The third-order valence-electron chi connectivity index (χ3n) is 1.46. The van der Waals surface area contributed by atoms with Gasteiger partial charge in [-0.25, -0.2) is 0 Å². The van der Waals surface area contributed by atoms with Crippen LogP contribution >= 0.6 is 0 Å². The molecule has 0 aromatic rings. The molecule has 4 heteroatoms. The fourth-order valence-corrected chi connectivity index (χ4v) is 0.896. The third kappa shape index (κ3) is 3.34. The van der Waals surface area contributed by atoms with E-state index in [1.165, 1.54) is 0 Å². The lowest BCUT2D eigenvalue weighted by Gasteiger charge is -2.25. The Morgan fingerprint density at radius 2 is 2.18 bits per heavy atom. The Morgan fingerprint density at radius 1 is 1.64 bits per heavy atom. The van der Waals surface area contributed by atoms with Crippen molar-refractivity contribution >= 4 is 5.91 Å². The summed E-state index contributed by atoms with van der Waals surface area (Å²) in [7, 11) is 0. The van der Waals surface area contributed by atoms with E-state index in [1.54, 1.807) is 4.90 Å². The molecule has 0 bridgehead atoms. The molecule has 0 spiro atoms. The molecule has 11 heavy (non-hydrogen) atoms. The van der Waals surface area contributed by atoms with Gasteiger partial charge in [-0.15, -0.1) is 0 Å². The predicted octanol–water partition coefficient (Wildman–Crippen LogP) is -0.826. The van der Waals surface area contributed by atoms with E-state index in [0.717, 1.165) is 0 Å². The zero-order valence-corrected chi connectivity index (χ0v) is 7.08. The highest BCUT2D eigenvalue weighted by atomic mass is 16.3. The van der Waals surface area contributed by atoms with Crippen molar-refractivity contribution in [3.05, 3.63) is 0 Å². The number of carbonyl (C=O) groups is 1. The van der Waals surface area contributed by atoms with Crippen LogP contribution in [-0.2, 0) is 4.79 Å². The molecule has 0 fully saturated rings. The maximum absolute atomic E-state index is 11.0. The van der Waals surface area contributed by atoms with Gasteiger partial charge < -0.3 is 15.7 Å². The topological polar surface area (TPSA) is 66.6 Å². The standard InChI is InChI=1S/C7H16N2O2/c1-6(2)9(3-4-10)7(11)5-8/h6,10H,3-5,8H2,1-2H3. The molecule has 0 saturated heterocycles. The van der Waals surface area contributed by atoms with Crippen LogP contribution in [0.5, 0.6) is 0 Å². The highest BCUT2D eigenvalue weighted by molar-refractivity contribution is 5.78. The largest absolute Gasteiger partial charge is 0.395 e. The number of rotatable bonds is 4. The Balaban J connectivity index is 3.98. The first-order valence-electron chi connectivity index (χ1n) is 3.73. The molecule has 3 N–H and O–H groups in total. The number of hydrogen-bond acceptors (Lipinski definition) is 3. The summed E-state index contributed by atoms with van der Waals surface area (Å²) >= 11 is 0. The average molecular weight is 160 g/mol. The van der Waals surface area contributed by atoms with Crippen molar-refractivity contribution in [1.29, 1.82) is 0 Å². The van der Waals surface area contributed by atoms with Gasteiger partial charge in [0.15, 0.2) is 0 Å². The van der Waals surface area contributed by atoms with Crippen LogP contribution in [0, 0.1) is 0 Å². The van der Waals surface area contributed by atoms with Gasteiger partial charge in [0.1, 0.15) is 0 Å². The van der Waals surface area contributed by atoms with Gasteiger partial charge in [0.2, 0.25) is 5.91 Å². The maximum atomic E-state index is 11.0. The lowest BCUT2D eigenvalue weighted by atomic mass is 10.3. The van der Waals surface area contributed by atoms with Gasteiger partial charge in [0, 0.05) is 12.6 Å². The van der Waals surface area contributed by atoms with Crippen LogP contribution < -0.4 is 5.73 Å². The minimum Gasteiger partial charge on any atom is -0.395 e. The van der Waals surface area contributed by atoms with Crippen molar-refractivity contribution in [2.75, 3.05) is 19.7 Å². The van der Waals surface area contributed by atoms with E-state index in [9.17, 15) is 4.79 Å². The number of carbonyl (C=O) groups excluding carboxylic acids is 1. The quantitative estimate of drug-likeness (QED) is 0.564. The van der Waals surface area contributed by atoms with Gasteiger partial charge in [-0.1, -0.05) is 0 Å². The monoisotopic (exact) mass is 160 g/mol. The van der Waals surface area contributed by atoms with Gasteiger partial charge in [-0.3, -0.25) is 4.79 Å². The second-order valence-corrected chi connectivity index (χ2v) is 2.61. The zero-order chi connectivity index (χ0) is 8.85. The number of aliphatic hydroxyl groups excluding tert-OH is 1. The molecule has 0 aromatic heterocycles. The van der Waals surface area contributed by atoms with Crippen LogP contribution in [0.1, 0.15) is 13.8 Å². The zero-order valence-electron chi connectivity index (χ0n) is 7.08. The van der Waals surface area contributed by atoms with E-state index >= 15 is 0 Å². The molecule has 0 atom stereocenters. The molecular formula is C7H16N2O2. The van der Waals surface area contributed by atoms with Crippen LogP contribution in [0.3, 0.4) is 0 Å². The molecule has 0 aromatic carbocycles. The maximum Gasteiger partial charge on any atom is 0.236 e. The molecule has 4 nitrogen and oxygen atoms in total. The van der Waals surface area contributed by atoms with Crippen molar-refractivity contribution < 1.29 is 9.90 Å². The van der Waals surface area contributed by atoms with E-state index in [1.807, 2.05) is 13.8 Å². The molecule has 0 aliphatic heterocycles. The summed E-state index contributed by atoms with van der Waals surface area (Å²) < 4.78 is 0. The molecule has 0 aliphatic carbocycles. The number of hydrogen-bond donors (Lipinski definition) is 2. The fraction of sp³-hybridized carbons (Fsp3) is 0.857. The Hall–Kier alpha value is -0.610. The van der Waals surface area contributed by atoms with Gasteiger partial charge in [-0.05, 0) is 13.8 Å². The molecule has 1 amide bonds. The van der Waals surface area contributed by atoms with Crippen LogP contribution in [0.2, 0.25) is 0 Å². The molecule has 0 saturated carbocycles. The predicted molar refractivity (Wildman–Crippen MR) is 43.0 cm³/mol. The first kappa shape index (κ1) is 10.4. The van der Waals surface area contributed by atoms with Crippen molar-refractivity contribution in [2.45, 2.75) is 19.9 Å². The normalized spacial score (nSPS) is 10.3. The van der Waals surface area contributed by atoms with Gasteiger partial charge >= 0.3 is 0 Å². The lowest BCUT2D eigenvalue weighted by molar-refractivity contribution is -0.131. The van der Waals surface area contributed by atoms with Crippen LogP contribution in [0.25, 0.3) is 0 Å². The van der Waals surface area contributed by atoms with Crippen LogP contribution in [-0.4, -0.2) is 41.7 Å². The summed E-state index contributed by atoms with van der Waals surface area (Å²) in [4.78, 5) is 12.6. The second-order valence-electron chi connectivity index (χ2n) is 2.61. The first-order chi connectivity index (χ1) is 5.13. The Kier molecular flexibility index (Phi) is 4.81. The number of nitrogens with zero attached hydrogens (tertiary/aromatic N) is 1. The SMILES string of the molecule is CC(C)N(CCO)C(=O)CN. The minimum atomic E-state index is -0.117. The fourth-order valence-electron chi connectivity index (χ4n) is 0.896. The molecule has 0 rings (SSSR count).